The fraction of sp³-hybridized carbons (Fsp3) is 0.267. The van der Waals surface area contributed by atoms with Gasteiger partial charge in [-0.2, -0.15) is 5.10 Å². The minimum atomic E-state index is -0.332. The lowest BCUT2D eigenvalue weighted by atomic mass is 9.81. The number of fused-ring (bicyclic) bond motifs is 1. The Balaban J connectivity index is 1.18. The van der Waals surface area contributed by atoms with Crippen LogP contribution in [0.15, 0.2) is 84.0 Å². The quantitative estimate of drug-likeness (QED) is 0.281. The van der Waals surface area contributed by atoms with E-state index >= 15 is 0 Å². The van der Waals surface area contributed by atoms with Crippen LogP contribution in [0.5, 0.6) is 5.75 Å². The van der Waals surface area contributed by atoms with Crippen LogP contribution in [0.2, 0.25) is 0 Å². The summed E-state index contributed by atoms with van der Waals surface area (Å²) < 4.78 is 5.77. The maximum atomic E-state index is 12.8. The van der Waals surface area contributed by atoms with Crippen molar-refractivity contribution in [2.45, 2.75) is 39.2 Å². The minimum absolute atomic E-state index is 0.0865. The molecule has 3 aromatic carbocycles. The molecule has 2 aliphatic rings. The summed E-state index contributed by atoms with van der Waals surface area (Å²) in [4.78, 5) is 39.6. The normalized spacial score (nSPS) is 19.5. The molecule has 1 saturated carbocycles. The van der Waals surface area contributed by atoms with Gasteiger partial charge in [0.05, 0.1) is 23.2 Å². The lowest BCUT2D eigenvalue weighted by Gasteiger charge is -2.19. The van der Waals surface area contributed by atoms with Crippen LogP contribution in [0.3, 0.4) is 0 Å². The molecule has 0 unspecified atom stereocenters. The highest BCUT2D eigenvalue weighted by Crippen LogP contribution is 2.40. The van der Waals surface area contributed by atoms with Gasteiger partial charge in [-0.25, -0.2) is 5.43 Å². The number of hydrogen-bond donors (Lipinski definition) is 1. The van der Waals surface area contributed by atoms with Gasteiger partial charge in [-0.05, 0) is 67.3 Å². The molecule has 1 N–H and O–H groups in total. The van der Waals surface area contributed by atoms with E-state index in [1.165, 1.54) is 4.90 Å². The van der Waals surface area contributed by atoms with Gasteiger partial charge in [0.25, 0.3) is 5.91 Å². The van der Waals surface area contributed by atoms with Gasteiger partial charge < -0.3 is 4.74 Å². The number of imide groups is 1. The van der Waals surface area contributed by atoms with Gasteiger partial charge in [0.1, 0.15) is 12.4 Å². The third-order valence-corrected chi connectivity index (χ3v) is 7.07. The lowest BCUT2D eigenvalue weighted by Crippen LogP contribution is -2.30. The number of hydrazone groups is 1. The topological polar surface area (TPSA) is 88.1 Å². The Labute approximate surface area is 216 Å². The van der Waals surface area contributed by atoms with Crippen molar-refractivity contribution in [1.29, 1.82) is 0 Å². The van der Waals surface area contributed by atoms with Crippen molar-refractivity contribution in [2.24, 2.45) is 16.9 Å². The zero-order valence-corrected chi connectivity index (χ0v) is 20.7. The third-order valence-electron chi connectivity index (χ3n) is 7.07. The van der Waals surface area contributed by atoms with Crippen molar-refractivity contribution in [3.05, 3.63) is 95.6 Å². The number of rotatable bonds is 7. The molecule has 188 valence electrons. The minimum Gasteiger partial charge on any atom is -0.489 e. The molecule has 0 bridgehead atoms. The van der Waals surface area contributed by atoms with E-state index in [9.17, 15) is 14.4 Å². The Morgan fingerprint density at radius 2 is 1.46 bits per heavy atom. The number of hydrogen-bond acceptors (Lipinski definition) is 5. The summed E-state index contributed by atoms with van der Waals surface area (Å²) in [5.74, 6) is -0.183. The van der Waals surface area contributed by atoms with E-state index in [0.29, 0.717) is 29.3 Å². The predicted molar refractivity (Wildman–Crippen MR) is 141 cm³/mol. The smallest absolute Gasteiger partial charge is 0.271 e. The Hall–Kier alpha value is -4.26. The summed E-state index contributed by atoms with van der Waals surface area (Å²) in [6.07, 6.45) is 3.58. The highest BCUT2D eigenvalue weighted by molar-refractivity contribution is 6.22. The van der Waals surface area contributed by atoms with Crippen LogP contribution in [0.1, 0.15) is 54.1 Å². The highest BCUT2D eigenvalue weighted by Gasteiger charge is 2.48. The summed E-state index contributed by atoms with van der Waals surface area (Å²) in [6.45, 7) is 2.24. The molecule has 0 spiro atoms. The zero-order chi connectivity index (χ0) is 25.8. The molecule has 7 nitrogen and oxygen atoms in total. The van der Waals surface area contributed by atoms with E-state index in [1.54, 1.807) is 43.3 Å². The third kappa shape index (κ3) is 5.31. The van der Waals surface area contributed by atoms with Crippen LogP contribution in [0.4, 0.5) is 5.69 Å². The van der Waals surface area contributed by atoms with Crippen LogP contribution in [-0.2, 0) is 16.2 Å². The molecule has 1 saturated heterocycles. The van der Waals surface area contributed by atoms with Crippen LogP contribution in [0, 0.1) is 11.8 Å². The van der Waals surface area contributed by atoms with Gasteiger partial charge in [-0.1, -0.05) is 55.3 Å². The molecule has 37 heavy (non-hydrogen) atoms. The van der Waals surface area contributed by atoms with Crippen LogP contribution in [-0.4, -0.2) is 23.4 Å². The molecule has 2 fully saturated rings. The highest BCUT2D eigenvalue weighted by atomic mass is 16.5. The van der Waals surface area contributed by atoms with Crippen molar-refractivity contribution in [2.75, 3.05) is 4.90 Å². The van der Waals surface area contributed by atoms with Crippen molar-refractivity contribution in [3.63, 3.8) is 0 Å². The first kappa shape index (κ1) is 24.4. The fourth-order valence-electron chi connectivity index (χ4n) is 4.98. The van der Waals surface area contributed by atoms with Gasteiger partial charge in [0.15, 0.2) is 0 Å². The maximum absolute atomic E-state index is 12.8. The molecule has 3 amide bonds. The number of anilines is 1. The van der Waals surface area contributed by atoms with Crippen LogP contribution in [0.25, 0.3) is 0 Å². The second kappa shape index (κ2) is 10.8. The zero-order valence-electron chi connectivity index (χ0n) is 20.7. The maximum Gasteiger partial charge on any atom is 0.271 e. The number of nitrogens with zero attached hydrogens (tertiary/aromatic N) is 2. The number of carbonyl (C=O) groups excluding carboxylic acids is 3. The monoisotopic (exact) mass is 495 g/mol. The van der Waals surface area contributed by atoms with Gasteiger partial charge in [0.2, 0.25) is 11.8 Å². The van der Waals surface area contributed by atoms with Gasteiger partial charge >= 0.3 is 0 Å². The standard InChI is InChI=1S/C30H29N3O4/c1-20(22-11-15-24(16-12-22)33-29(35)26-9-5-6-10-27(26)30(33)36)31-32-28(34)23-13-17-25(18-14-23)37-19-21-7-3-2-4-8-21/h2-4,7-8,11-18,26-27H,5-6,9-10,19H2,1H3,(H,32,34)/b31-20-/t26-,27-/m1/s1. The number of ether oxygens (including phenoxy) is 1. The van der Waals surface area contributed by atoms with E-state index in [2.05, 4.69) is 10.5 Å². The van der Waals surface area contributed by atoms with Crippen molar-refractivity contribution < 1.29 is 19.1 Å². The molecular weight excluding hydrogens is 466 g/mol. The van der Waals surface area contributed by atoms with Gasteiger partial charge in [-0.15, -0.1) is 0 Å². The first-order valence-corrected chi connectivity index (χ1v) is 12.6. The molecular formula is C30H29N3O4. The Bertz CT molecular complexity index is 1290. The second-order valence-electron chi connectivity index (χ2n) is 9.49. The number of nitrogens with one attached hydrogen (secondary N) is 1. The van der Waals surface area contributed by atoms with E-state index in [1.807, 2.05) is 42.5 Å². The van der Waals surface area contributed by atoms with E-state index in [0.717, 1.165) is 36.8 Å². The Kier molecular flexibility index (Phi) is 7.12. The average Bonchev–Trinajstić information content (AvgIpc) is 3.21. The molecule has 7 heteroatoms. The molecule has 1 heterocycles. The molecule has 0 aromatic heterocycles. The predicted octanol–water partition coefficient (Wildman–Crippen LogP) is 5.10. The molecule has 3 aromatic rings. The van der Waals surface area contributed by atoms with E-state index < -0.39 is 0 Å². The lowest BCUT2D eigenvalue weighted by molar-refractivity contribution is -0.122. The fourth-order valence-corrected chi connectivity index (χ4v) is 4.98. The molecule has 1 aliphatic carbocycles. The van der Waals surface area contributed by atoms with E-state index in [4.69, 9.17) is 4.74 Å². The summed E-state index contributed by atoms with van der Waals surface area (Å²) in [6, 6.07) is 23.9. The molecule has 5 rings (SSSR count). The van der Waals surface area contributed by atoms with Crippen LogP contribution < -0.4 is 15.1 Å². The molecule has 0 radical (unpaired) electrons. The average molecular weight is 496 g/mol. The second-order valence-corrected chi connectivity index (χ2v) is 9.49. The van der Waals surface area contributed by atoms with Crippen molar-refractivity contribution in [1.82, 2.24) is 5.43 Å². The number of benzene rings is 3. The SMILES string of the molecule is C/C(=N/NC(=O)c1ccc(OCc2ccccc2)cc1)c1ccc(N2C(=O)[C@@H]3CCCC[C@H]3C2=O)cc1. The first-order valence-electron chi connectivity index (χ1n) is 12.6. The largest absolute Gasteiger partial charge is 0.489 e. The van der Waals surface area contributed by atoms with E-state index in [-0.39, 0.29) is 29.6 Å². The van der Waals surface area contributed by atoms with Gasteiger partial charge in [-0.3, -0.25) is 19.3 Å². The molecule has 2 atom stereocenters. The first-order chi connectivity index (χ1) is 18.0. The van der Waals surface area contributed by atoms with Crippen molar-refractivity contribution >= 4 is 29.1 Å². The Morgan fingerprint density at radius 3 is 2.08 bits per heavy atom. The molecule has 1 aliphatic heterocycles. The summed E-state index contributed by atoms with van der Waals surface area (Å²) in [5.41, 5.74) is 6.09. The van der Waals surface area contributed by atoms with Gasteiger partial charge in [0, 0.05) is 5.56 Å². The Morgan fingerprint density at radius 1 is 0.865 bits per heavy atom. The van der Waals surface area contributed by atoms with Crippen LogP contribution >= 0.6 is 0 Å². The number of carbonyl (C=O) groups is 3. The summed E-state index contributed by atoms with van der Waals surface area (Å²) in [5, 5.41) is 4.22. The number of amides is 3. The van der Waals surface area contributed by atoms with Crippen molar-refractivity contribution in [3.8, 4) is 5.75 Å². The summed E-state index contributed by atoms with van der Waals surface area (Å²) >= 11 is 0. The summed E-state index contributed by atoms with van der Waals surface area (Å²) in [7, 11) is 0.